The highest BCUT2D eigenvalue weighted by Crippen LogP contribution is 2.36. The van der Waals surface area contributed by atoms with E-state index in [4.69, 9.17) is 9.72 Å². The molecule has 0 aliphatic heterocycles. The lowest BCUT2D eigenvalue weighted by molar-refractivity contribution is 0.0980. The van der Waals surface area contributed by atoms with Gasteiger partial charge in [0.2, 0.25) is 0 Å². The molecule has 0 N–H and O–H groups in total. The van der Waals surface area contributed by atoms with E-state index in [2.05, 4.69) is 10.00 Å². The van der Waals surface area contributed by atoms with Gasteiger partial charge < -0.3 is 9.64 Å². The minimum Gasteiger partial charge on any atom is -0.494 e. The SMILES string of the molecule is COc1ccc(C)c2sc(N(CCCN(C)C)C(=O)c3ccn(C(C)C)n3)nc12. The van der Waals surface area contributed by atoms with Crippen molar-refractivity contribution in [3.8, 4) is 5.75 Å². The number of nitrogens with zero attached hydrogens (tertiary/aromatic N) is 5. The zero-order valence-corrected chi connectivity index (χ0v) is 18.8. The summed E-state index contributed by atoms with van der Waals surface area (Å²) in [6.07, 6.45) is 2.69. The Labute approximate surface area is 175 Å². The van der Waals surface area contributed by atoms with Gasteiger partial charge in [-0.1, -0.05) is 17.4 Å². The van der Waals surface area contributed by atoms with E-state index in [1.165, 1.54) is 11.3 Å². The highest BCUT2D eigenvalue weighted by Gasteiger charge is 2.24. The number of fused-ring (bicyclic) bond motifs is 1. The Morgan fingerprint density at radius 3 is 2.62 bits per heavy atom. The lowest BCUT2D eigenvalue weighted by atomic mass is 10.2. The summed E-state index contributed by atoms with van der Waals surface area (Å²) in [7, 11) is 5.70. The van der Waals surface area contributed by atoms with Crippen LogP contribution in [-0.4, -0.2) is 59.9 Å². The Balaban J connectivity index is 1.99. The van der Waals surface area contributed by atoms with Gasteiger partial charge in [0.15, 0.2) is 10.8 Å². The third-order valence-electron chi connectivity index (χ3n) is 4.73. The second kappa shape index (κ2) is 8.92. The third kappa shape index (κ3) is 4.59. The molecule has 1 amide bonds. The average Bonchev–Trinajstić information content (AvgIpc) is 3.33. The van der Waals surface area contributed by atoms with Crippen LogP contribution in [0.4, 0.5) is 5.13 Å². The average molecular weight is 416 g/mol. The number of carbonyl (C=O) groups is 1. The summed E-state index contributed by atoms with van der Waals surface area (Å²) < 4.78 is 8.32. The summed E-state index contributed by atoms with van der Waals surface area (Å²) in [4.78, 5) is 22.0. The van der Waals surface area contributed by atoms with Gasteiger partial charge in [-0.05, 0) is 65.5 Å². The van der Waals surface area contributed by atoms with E-state index in [-0.39, 0.29) is 11.9 Å². The van der Waals surface area contributed by atoms with E-state index in [1.807, 2.05) is 53.2 Å². The Kier molecular flexibility index (Phi) is 6.54. The summed E-state index contributed by atoms with van der Waals surface area (Å²) in [6.45, 7) is 7.59. The molecule has 2 aromatic heterocycles. The van der Waals surface area contributed by atoms with Crippen molar-refractivity contribution in [3.05, 3.63) is 35.7 Å². The molecule has 0 fully saturated rings. The Hall–Kier alpha value is -2.45. The summed E-state index contributed by atoms with van der Waals surface area (Å²) in [5, 5.41) is 5.15. The van der Waals surface area contributed by atoms with Gasteiger partial charge in [-0.2, -0.15) is 5.10 Å². The first-order valence-electron chi connectivity index (χ1n) is 9.77. The molecule has 0 aliphatic carbocycles. The second-order valence-electron chi connectivity index (χ2n) is 7.65. The fourth-order valence-corrected chi connectivity index (χ4v) is 4.16. The first kappa shape index (κ1) is 21.3. The fraction of sp³-hybridized carbons (Fsp3) is 0.476. The number of hydrogen-bond acceptors (Lipinski definition) is 6. The summed E-state index contributed by atoms with van der Waals surface area (Å²) in [5.74, 6) is 0.594. The van der Waals surface area contributed by atoms with Gasteiger partial charge in [-0.15, -0.1) is 0 Å². The van der Waals surface area contributed by atoms with Crippen LogP contribution in [0.2, 0.25) is 0 Å². The molecule has 0 unspecified atom stereocenters. The second-order valence-corrected chi connectivity index (χ2v) is 8.62. The molecule has 0 aliphatic rings. The van der Waals surface area contributed by atoms with E-state index in [0.717, 1.165) is 34.5 Å². The minimum absolute atomic E-state index is 0.126. The minimum atomic E-state index is -0.126. The van der Waals surface area contributed by atoms with Crippen molar-refractivity contribution in [3.63, 3.8) is 0 Å². The predicted octanol–water partition coefficient (Wildman–Crippen LogP) is 3.99. The van der Waals surface area contributed by atoms with Crippen molar-refractivity contribution in [2.45, 2.75) is 33.2 Å². The lowest BCUT2D eigenvalue weighted by Gasteiger charge is -2.20. The van der Waals surface area contributed by atoms with Gasteiger partial charge in [-0.3, -0.25) is 14.4 Å². The van der Waals surface area contributed by atoms with Crippen LogP contribution >= 0.6 is 11.3 Å². The molecular weight excluding hydrogens is 386 g/mol. The molecular formula is C21H29N5O2S. The largest absolute Gasteiger partial charge is 0.494 e. The standard InChI is InChI=1S/C21H29N5O2S/c1-14(2)26-13-10-16(23-26)20(27)25(12-7-11-24(4)5)21-22-18-17(28-6)9-8-15(3)19(18)29-21/h8-10,13-14H,7,11-12H2,1-6H3. The van der Waals surface area contributed by atoms with Crippen LogP contribution in [0.15, 0.2) is 24.4 Å². The van der Waals surface area contributed by atoms with Crippen molar-refractivity contribution >= 4 is 32.6 Å². The number of ether oxygens (including phenoxy) is 1. The number of benzene rings is 1. The Morgan fingerprint density at radius 1 is 1.24 bits per heavy atom. The van der Waals surface area contributed by atoms with Crippen molar-refractivity contribution in [2.24, 2.45) is 0 Å². The number of rotatable bonds is 8. The normalized spacial score (nSPS) is 11.6. The Morgan fingerprint density at radius 2 is 2.00 bits per heavy atom. The third-order valence-corrected chi connectivity index (χ3v) is 5.95. The number of anilines is 1. The first-order valence-corrected chi connectivity index (χ1v) is 10.6. The maximum atomic E-state index is 13.3. The molecule has 8 heteroatoms. The molecule has 0 radical (unpaired) electrons. The maximum absolute atomic E-state index is 13.3. The number of aryl methyl sites for hydroxylation is 1. The van der Waals surface area contributed by atoms with Gasteiger partial charge >= 0.3 is 0 Å². The van der Waals surface area contributed by atoms with Crippen molar-refractivity contribution in [1.82, 2.24) is 19.7 Å². The van der Waals surface area contributed by atoms with Crippen molar-refractivity contribution in [1.29, 1.82) is 0 Å². The van der Waals surface area contributed by atoms with E-state index in [9.17, 15) is 4.79 Å². The zero-order chi connectivity index (χ0) is 21.1. The zero-order valence-electron chi connectivity index (χ0n) is 18.0. The topological polar surface area (TPSA) is 63.5 Å². The first-order chi connectivity index (χ1) is 13.8. The molecule has 0 atom stereocenters. The van der Waals surface area contributed by atoms with E-state index in [0.29, 0.717) is 17.4 Å². The number of thiazole rings is 1. The molecule has 2 heterocycles. The van der Waals surface area contributed by atoms with Crippen LogP contribution in [0.25, 0.3) is 10.2 Å². The molecule has 0 saturated heterocycles. The summed E-state index contributed by atoms with van der Waals surface area (Å²) >= 11 is 1.52. The van der Waals surface area contributed by atoms with Crippen molar-refractivity contribution in [2.75, 3.05) is 39.2 Å². The molecule has 0 spiro atoms. The molecule has 0 bridgehead atoms. The number of methoxy groups -OCH3 is 1. The summed E-state index contributed by atoms with van der Waals surface area (Å²) in [5.41, 5.74) is 2.35. The summed E-state index contributed by atoms with van der Waals surface area (Å²) in [6, 6.07) is 5.92. The van der Waals surface area contributed by atoms with Crippen LogP contribution in [-0.2, 0) is 0 Å². The quantitative estimate of drug-likeness (QED) is 0.557. The van der Waals surface area contributed by atoms with Crippen molar-refractivity contribution < 1.29 is 9.53 Å². The van der Waals surface area contributed by atoms with Crippen LogP contribution in [0.3, 0.4) is 0 Å². The van der Waals surface area contributed by atoms with Crippen LogP contribution in [0, 0.1) is 6.92 Å². The molecule has 1 aromatic carbocycles. The van der Waals surface area contributed by atoms with Crippen LogP contribution < -0.4 is 9.64 Å². The van der Waals surface area contributed by atoms with Gasteiger partial charge in [0.1, 0.15) is 11.3 Å². The van der Waals surface area contributed by atoms with E-state index >= 15 is 0 Å². The molecule has 3 aromatic rings. The molecule has 0 saturated carbocycles. The highest BCUT2D eigenvalue weighted by atomic mass is 32.1. The molecule has 156 valence electrons. The Bertz CT molecular complexity index is 992. The number of aromatic nitrogens is 3. The fourth-order valence-electron chi connectivity index (χ4n) is 3.09. The van der Waals surface area contributed by atoms with Gasteiger partial charge in [0.25, 0.3) is 5.91 Å². The molecule has 7 nitrogen and oxygen atoms in total. The lowest BCUT2D eigenvalue weighted by Crippen LogP contribution is -2.33. The number of amides is 1. The molecule has 3 rings (SSSR count). The molecule has 29 heavy (non-hydrogen) atoms. The van der Waals surface area contributed by atoms with Crippen LogP contribution in [0.1, 0.15) is 42.4 Å². The van der Waals surface area contributed by atoms with Crippen LogP contribution in [0.5, 0.6) is 5.75 Å². The monoisotopic (exact) mass is 415 g/mol. The predicted molar refractivity (Wildman–Crippen MR) is 118 cm³/mol. The van der Waals surface area contributed by atoms with Gasteiger partial charge in [-0.25, -0.2) is 4.98 Å². The number of carbonyl (C=O) groups excluding carboxylic acids is 1. The van der Waals surface area contributed by atoms with E-state index in [1.54, 1.807) is 22.8 Å². The smallest absolute Gasteiger partial charge is 0.280 e. The maximum Gasteiger partial charge on any atom is 0.280 e. The number of hydrogen-bond donors (Lipinski definition) is 0. The highest BCUT2D eigenvalue weighted by molar-refractivity contribution is 7.22. The van der Waals surface area contributed by atoms with Gasteiger partial charge in [0, 0.05) is 18.8 Å². The van der Waals surface area contributed by atoms with Gasteiger partial charge in [0.05, 0.1) is 11.8 Å². The van der Waals surface area contributed by atoms with E-state index < -0.39 is 0 Å².